The van der Waals surface area contributed by atoms with Crippen LogP contribution < -0.4 is 9.47 Å². The van der Waals surface area contributed by atoms with E-state index in [9.17, 15) is 10.2 Å². The highest BCUT2D eigenvalue weighted by molar-refractivity contribution is 5.87. The Morgan fingerprint density at radius 3 is 2.63 bits per heavy atom. The van der Waals surface area contributed by atoms with Crippen LogP contribution in [0.15, 0.2) is 60.7 Å². The number of aliphatic hydroxyl groups is 1. The molecule has 1 atom stereocenters. The molecule has 6 heteroatoms. The summed E-state index contributed by atoms with van der Waals surface area (Å²) < 4.78 is 13.9. The van der Waals surface area contributed by atoms with E-state index < -0.39 is 0 Å². The van der Waals surface area contributed by atoms with E-state index in [0.717, 1.165) is 59.6 Å². The second-order valence-corrected chi connectivity index (χ2v) is 9.11. The predicted molar refractivity (Wildman–Crippen MR) is 137 cm³/mol. The number of aromatic hydroxyl groups is 1. The number of aliphatic hydroxyl groups excluding tert-OH is 1. The number of phenols is 1. The van der Waals surface area contributed by atoms with Gasteiger partial charge in [-0.2, -0.15) is 0 Å². The Morgan fingerprint density at radius 1 is 1.03 bits per heavy atom. The summed E-state index contributed by atoms with van der Waals surface area (Å²) >= 11 is 0. The molecule has 0 saturated carbocycles. The fourth-order valence-electron chi connectivity index (χ4n) is 5.62. The normalized spacial score (nSPS) is 16.7. The molecule has 3 aromatic carbocycles. The molecule has 0 spiro atoms. The van der Waals surface area contributed by atoms with Gasteiger partial charge in [-0.3, -0.25) is 4.90 Å². The van der Waals surface area contributed by atoms with Crippen molar-refractivity contribution in [3.05, 3.63) is 88.6 Å². The smallest absolute Gasteiger partial charge is 0.162 e. The minimum atomic E-state index is -0.0691. The molecule has 0 bridgehead atoms. The molecule has 1 aromatic heterocycles. The largest absolute Gasteiger partial charge is 0.508 e. The number of hydrogen-bond donors (Lipinski definition) is 2. The Morgan fingerprint density at radius 2 is 1.86 bits per heavy atom. The summed E-state index contributed by atoms with van der Waals surface area (Å²) in [6.07, 6.45) is 1.76. The lowest BCUT2D eigenvalue weighted by atomic mass is 9.85. The van der Waals surface area contributed by atoms with Crippen molar-refractivity contribution in [2.75, 3.05) is 13.7 Å². The molecule has 3 heterocycles. The van der Waals surface area contributed by atoms with Gasteiger partial charge in [0.05, 0.1) is 12.6 Å². The van der Waals surface area contributed by atoms with Gasteiger partial charge in [0.2, 0.25) is 0 Å². The van der Waals surface area contributed by atoms with Crippen LogP contribution in [0.3, 0.4) is 0 Å². The Bertz CT molecular complexity index is 1360. The Balaban J connectivity index is 0.00000253. The van der Waals surface area contributed by atoms with Crippen molar-refractivity contribution < 1.29 is 19.7 Å². The van der Waals surface area contributed by atoms with Gasteiger partial charge in [0.15, 0.2) is 11.5 Å². The van der Waals surface area contributed by atoms with E-state index in [1.54, 1.807) is 13.2 Å². The summed E-state index contributed by atoms with van der Waals surface area (Å²) in [7, 11) is 1.69. The van der Waals surface area contributed by atoms with Crippen LogP contribution in [0.5, 0.6) is 17.2 Å². The van der Waals surface area contributed by atoms with Gasteiger partial charge in [-0.1, -0.05) is 37.8 Å². The van der Waals surface area contributed by atoms with Crippen LogP contribution in [0.1, 0.15) is 41.4 Å². The van der Waals surface area contributed by atoms with E-state index in [0.29, 0.717) is 6.61 Å². The van der Waals surface area contributed by atoms with Crippen molar-refractivity contribution in [1.29, 1.82) is 0 Å². The maximum Gasteiger partial charge on any atom is 0.162 e. The van der Waals surface area contributed by atoms with Crippen molar-refractivity contribution in [3.8, 4) is 17.2 Å². The molecular formula is C29H32N2O4. The summed E-state index contributed by atoms with van der Waals surface area (Å²) in [6, 6.07) is 20.0. The van der Waals surface area contributed by atoms with Gasteiger partial charge in [-0.05, 0) is 65.4 Å². The highest BCUT2D eigenvalue weighted by atomic mass is 16.5. The number of ether oxygens (including phenoxy) is 2. The number of aromatic nitrogens is 1. The molecule has 0 amide bonds. The molecule has 6 nitrogen and oxygen atoms in total. The summed E-state index contributed by atoms with van der Waals surface area (Å²) in [4.78, 5) is 2.49. The van der Waals surface area contributed by atoms with Crippen LogP contribution in [0.4, 0.5) is 0 Å². The number of phenolic OH excluding ortho intramolecular Hbond substituents is 1. The molecule has 0 aliphatic carbocycles. The average molecular weight is 473 g/mol. The molecule has 0 saturated heterocycles. The standard InChI is InChI=1S/C28H28N2O4.CH4/c1-33-27-11-19-9-10-29-15-26-23(22-12-20(32)7-8-24(22)30(26)17-31)13-25(29)21(19)14-28(27)34-16-18-5-3-2-4-6-18;/h2-8,11-12,14,25,31-32H,9-10,13,15-17H2,1H3;1H4. The zero-order valence-electron chi connectivity index (χ0n) is 19.2. The second-order valence-electron chi connectivity index (χ2n) is 9.11. The Labute approximate surface area is 206 Å². The molecule has 2 N–H and O–H groups in total. The highest BCUT2D eigenvalue weighted by Crippen LogP contribution is 2.45. The molecular weight excluding hydrogens is 440 g/mol. The maximum absolute atomic E-state index is 10.1. The van der Waals surface area contributed by atoms with Gasteiger partial charge in [-0.15, -0.1) is 0 Å². The number of methoxy groups -OCH3 is 1. The lowest BCUT2D eigenvalue weighted by Crippen LogP contribution is -2.39. The van der Waals surface area contributed by atoms with Crippen LogP contribution >= 0.6 is 0 Å². The molecule has 0 fully saturated rings. The molecule has 4 aromatic rings. The Kier molecular flexibility index (Phi) is 6.17. The van der Waals surface area contributed by atoms with E-state index >= 15 is 0 Å². The van der Waals surface area contributed by atoms with Crippen LogP contribution in [-0.2, 0) is 32.7 Å². The first-order chi connectivity index (χ1) is 16.7. The van der Waals surface area contributed by atoms with Crippen LogP contribution in [0, 0.1) is 0 Å². The molecule has 6 rings (SSSR count). The number of rotatable bonds is 5. The lowest BCUT2D eigenvalue weighted by molar-refractivity contribution is 0.145. The number of fused-ring (bicyclic) bond motifs is 6. The van der Waals surface area contributed by atoms with E-state index in [1.165, 1.54) is 16.7 Å². The van der Waals surface area contributed by atoms with Gasteiger partial charge in [0.1, 0.15) is 19.1 Å². The van der Waals surface area contributed by atoms with Crippen molar-refractivity contribution in [3.63, 3.8) is 0 Å². The molecule has 2 aliphatic heterocycles. The molecule has 35 heavy (non-hydrogen) atoms. The van der Waals surface area contributed by atoms with Gasteiger partial charge in [0, 0.05) is 30.2 Å². The zero-order chi connectivity index (χ0) is 23.2. The Hall–Kier alpha value is -3.48. The van der Waals surface area contributed by atoms with Gasteiger partial charge < -0.3 is 24.3 Å². The van der Waals surface area contributed by atoms with Crippen molar-refractivity contribution >= 4 is 10.9 Å². The quantitative estimate of drug-likeness (QED) is 0.419. The van der Waals surface area contributed by atoms with Crippen molar-refractivity contribution in [1.82, 2.24) is 9.47 Å². The first-order valence-electron chi connectivity index (χ1n) is 11.7. The first-order valence-corrected chi connectivity index (χ1v) is 11.7. The molecule has 1 unspecified atom stereocenters. The van der Waals surface area contributed by atoms with Gasteiger partial charge >= 0.3 is 0 Å². The minimum Gasteiger partial charge on any atom is -0.508 e. The fourth-order valence-corrected chi connectivity index (χ4v) is 5.62. The third kappa shape index (κ3) is 3.93. The second kappa shape index (κ2) is 9.29. The van der Waals surface area contributed by atoms with Crippen LogP contribution in [-0.4, -0.2) is 33.3 Å². The lowest BCUT2D eigenvalue weighted by Gasteiger charge is -2.41. The monoisotopic (exact) mass is 472 g/mol. The van der Waals surface area contributed by atoms with Gasteiger partial charge in [-0.25, -0.2) is 0 Å². The third-order valence-corrected chi connectivity index (χ3v) is 7.29. The molecule has 182 valence electrons. The van der Waals surface area contributed by atoms with Gasteiger partial charge in [0.25, 0.3) is 0 Å². The van der Waals surface area contributed by atoms with Crippen LogP contribution in [0.2, 0.25) is 0 Å². The van der Waals surface area contributed by atoms with E-state index in [2.05, 4.69) is 29.2 Å². The number of hydrogen-bond acceptors (Lipinski definition) is 5. The summed E-state index contributed by atoms with van der Waals surface area (Å²) in [5.41, 5.74) is 6.98. The fraction of sp³-hybridized carbons (Fsp3) is 0.310. The predicted octanol–water partition coefficient (Wildman–Crippen LogP) is 5.18. The number of nitrogens with zero attached hydrogens (tertiary/aromatic N) is 2. The van der Waals surface area contributed by atoms with Crippen molar-refractivity contribution in [2.45, 2.75) is 46.2 Å². The molecule has 0 radical (unpaired) electrons. The highest BCUT2D eigenvalue weighted by Gasteiger charge is 2.36. The minimum absolute atomic E-state index is 0. The van der Waals surface area contributed by atoms with E-state index in [4.69, 9.17) is 9.47 Å². The maximum atomic E-state index is 10.1. The topological polar surface area (TPSA) is 67.1 Å². The summed E-state index contributed by atoms with van der Waals surface area (Å²) in [5.74, 6) is 1.77. The number of benzene rings is 3. The van der Waals surface area contributed by atoms with Crippen LogP contribution in [0.25, 0.3) is 10.9 Å². The summed E-state index contributed by atoms with van der Waals surface area (Å²) in [6.45, 7) is 2.13. The van der Waals surface area contributed by atoms with E-state index in [-0.39, 0.29) is 25.9 Å². The molecule has 2 aliphatic rings. The third-order valence-electron chi connectivity index (χ3n) is 7.29. The van der Waals surface area contributed by atoms with Crippen molar-refractivity contribution in [2.24, 2.45) is 0 Å². The summed E-state index contributed by atoms with van der Waals surface area (Å²) in [5, 5.41) is 21.3. The SMILES string of the molecule is C.COc1cc2c(cc1OCc1ccccc1)C1Cc3c(n(CO)c4ccc(O)cc34)CN1CC2. The van der Waals surface area contributed by atoms with E-state index in [1.807, 2.05) is 34.9 Å². The average Bonchev–Trinajstić information content (AvgIpc) is 3.17. The zero-order valence-corrected chi connectivity index (χ0v) is 19.2. The first kappa shape index (κ1) is 23.3.